The number of aliphatic carboxylic acids is 1. The summed E-state index contributed by atoms with van der Waals surface area (Å²) in [5.41, 5.74) is 2.55. The lowest BCUT2D eigenvalue weighted by Gasteiger charge is -2.07. The third-order valence-corrected chi connectivity index (χ3v) is 3.60. The number of carboxylic acids is 1. The average molecular weight is 340 g/mol. The summed E-state index contributed by atoms with van der Waals surface area (Å²) in [7, 11) is 0. The van der Waals surface area contributed by atoms with E-state index >= 15 is 0 Å². The molecule has 0 aliphatic carbocycles. The summed E-state index contributed by atoms with van der Waals surface area (Å²) in [5.74, 6) is -0.262. The topological polar surface area (TPSA) is 59.4 Å². The van der Waals surface area contributed by atoms with Crippen molar-refractivity contribution in [2.45, 2.75) is 6.61 Å². The molecule has 0 saturated heterocycles. The summed E-state index contributed by atoms with van der Waals surface area (Å²) in [6, 6.07) is 5.40. The number of carboxylic acid groups (broad SMARTS) is 1. The number of carbonyl (C=O) groups is 1. The number of hydrogen-bond acceptors (Lipinski definition) is 4. The van der Waals surface area contributed by atoms with Gasteiger partial charge in [0.1, 0.15) is 12.4 Å². The van der Waals surface area contributed by atoms with E-state index in [0.717, 1.165) is 21.0 Å². The minimum Gasteiger partial charge on any atom is -0.487 e. The molecule has 0 bridgehead atoms. The van der Waals surface area contributed by atoms with Crippen LogP contribution < -0.4 is 4.74 Å². The Morgan fingerprint density at radius 1 is 1.53 bits per heavy atom. The quantitative estimate of drug-likeness (QED) is 0.845. The number of hydrogen-bond donors (Lipinski definition) is 1. The van der Waals surface area contributed by atoms with Crippen molar-refractivity contribution in [2.75, 3.05) is 0 Å². The van der Waals surface area contributed by atoms with E-state index in [-0.39, 0.29) is 0 Å². The first-order valence-corrected chi connectivity index (χ1v) is 7.03. The minimum atomic E-state index is -0.971. The van der Waals surface area contributed by atoms with Gasteiger partial charge in [-0.15, -0.1) is 11.3 Å². The van der Waals surface area contributed by atoms with E-state index in [1.807, 2.05) is 0 Å². The highest BCUT2D eigenvalue weighted by atomic mass is 79.9. The third kappa shape index (κ3) is 4.18. The van der Waals surface area contributed by atoms with Crippen LogP contribution >= 0.6 is 27.3 Å². The van der Waals surface area contributed by atoms with Gasteiger partial charge in [0.25, 0.3) is 0 Å². The van der Waals surface area contributed by atoms with Crippen LogP contribution in [0.4, 0.5) is 0 Å². The second-order valence-electron chi connectivity index (χ2n) is 3.62. The van der Waals surface area contributed by atoms with Crippen LogP contribution in [-0.2, 0) is 11.4 Å². The highest BCUT2D eigenvalue weighted by molar-refractivity contribution is 9.10. The average Bonchev–Trinajstić information content (AvgIpc) is 2.88. The lowest BCUT2D eigenvalue weighted by molar-refractivity contribution is -0.131. The molecule has 0 aliphatic rings. The van der Waals surface area contributed by atoms with Gasteiger partial charge in [0.05, 0.1) is 14.9 Å². The fourth-order valence-electron chi connectivity index (χ4n) is 1.37. The van der Waals surface area contributed by atoms with E-state index in [1.165, 1.54) is 17.4 Å². The van der Waals surface area contributed by atoms with Crippen molar-refractivity contribution in [1.82, 2.24) is 4.98 Å². The number of benzene rings is 1. The highest BCUT2D eigenvalue weighted by Gasteiger charge is 2.03. The zero-order valence-electron chi connectivity index (χ0n) is 9.75. The maximum Gasteiger partial charge on any atom is 0.328 e. The van der Waals surface area contributed by atoms with Crippen molar-refractivity contribution < 1.29 is 14.6 Å². The first-order chi connectivity index (χ1) is 9.15. The Balaban J connectivity index is 2.04. The van der Waals surface area contributed by atoms with E-state index in [2.05, 4.69) is 20.9 Å². The molecule has 1 aromatic heterocycles. The first kappa shape index (κ1) is 13.8. The molecule has 0 amide bonds. The van der Waals surface area contributed by atoms with Gasteiger partial charge in [0.15, 0.2) is 0 Å². The molecule has 0 aliphatic heterocycles. The SMILES string of the molecule is O=C(O)/C=C/c1ccc(OCc2cncs2)c(Br)c1. The predicted molar refractivity (Wildman–Crippen MR) is 77.3 cm³/mol. The Bertz CT molecular complexity index is 596. The van der Waals surface area contributed by atoms with Gasteiger partial charge in [-0.05, 0) is 39.7 Å². The summed E-state index contributed by atoms with van der Waals surface area (Å²) in [5, 5.41) is 8.56. The fraction of sp³-hybridized carbons (Fsp3) is 0.0769. The maximum absolute atomic E-state index is 10.4. The van der Waals surface area contributed by atoms with Gasteiger partial charge in [0, 0.05) is 12.3 Å². The molecular formula is C13H10BrNO3S. The molecule has 1 aromatic carbocycles. The van der Waals surface area contributed by atoms with Crippen LogP contribution in [-0.4, -0.2) is 16.1 Å². The normalized spacial score (nSPS) is 10.8. The predicted octanol–water partition coefficient (Wildman–Crippen LogP) is 3.58. The lowest BCUT2D eigenvalue weighted by atomic mass is 10.2. The molecule has 1 N–H and O–H groups in total. The second-order valence-corrected chi connectivity index (χ2v) is 5.44. The van der Waals surface area contributed by atoms with Crippen molar-refractivity contribution >= 4 is 39.3 Å². The number of nitrogens with zero attached hydrogens (tertiary/aromatic N) is 1. The number of aromatic nitrogens is 1. The molecule has 0 unspecified atom stereocenters. The van der Waals surface area contributed by atoms with Crippen LogP contribution in [0.25, 0.3) is 6.08 Å². The summed E-state index contributed by atoms with van der Waals surface area (Å²) in [6.07, 6.45) is 4.39. The Labute approximate surface area is 122 Å². The number of ether oxygens (including phenoxy) is 1. The molecule has 98 valence electrons. The van der Waals surface area contributed by atoms with Crippen LogP contribution in [0, 0.1) is 0 Å². The van der Waals surface area contributed by atoms with Gasteiger partial charge < -0.3 is 9.84 Å². The van der Waals surface area contributed by atoms with E-state index < -0.39 is 5.97 Å². The van der Waals surface area contributed by atoms with Gasteiger partial charge in [-0.1, -0.05) is 6.07 Å². The van der Waals surface area contributed by atoms with Crippen molar-refractivity contribution in [3.63, 3.8) is 0 Å². The number of thiazole rings is 1. The summed E-state index contributed by atoms with van der Waals surface area (Å²) >= 11 is 4.93. The maximum atomic E-state index is 10.4. The summed E-state index contributed by atoms with van der Waals surface area (Å²) < 4.78 is 6.43. The molecule has 19 heavy (non-hydrogen) atoms. The molecule has 0 radical (unpaired) electrons. The fourth-order valence-corrected chi connectivity index (χ4v) is 2.38. The van der Waals surface area contributed by atoms with Crippen molar-refractivity contribution in [3.05, 3.63) is 50.9 Å². The Hall–Kier alpha value is -1.66. The van der Waals surface area contributed by atoms with Crippen LogP contribution in [0.3, 0.4) is 0 Å². The van der Waals surface area contributed by atoms with Gasteiger partial charge >= 0.3 is 5.97 Å². The van der Waals surface area contributed by atoms with E-state index in [9.17, 15) is 4.79 Å². The van der Waals surface area contributed by atoms with Gasteiger partial charge in [0.2, 0.25) is 0 Å². The van der Waals surface area contributed by atoms with E-state index in [1.54, 1.807) is 29.9 Å². The minimum absolute atomic E-state index is 0.466. The zero-order valence-corrected chi connectivity index (χ0v) is 12.1. The van der Waals surface area contributed by atoms with Crippen molar-refractivity contribution in [1.29, 1.82) is 0 Å². The highest BCUT2D eigenvalue weighted by Crippen LogP contribution is 2.27. The molecule has 0 atom stereocenters. The number of rotatable bonds is 5. The molecule has 0 fully saturated rings. The largest absolute Gasteiger partial charge is 0.487 e. The molecule has 2 aromatic rings. The first-order valence-electron chi connectivity index (χ1n) is 5.36. The van der Waals surface area contributed by atoms with Gasteiger partial charge in [-0.2, -0.15) is 0 Å². The molecule has 1 heterocycles. The molecule has 0 spiro atoms. The zero-order chi connectivity index (χ0) is 13.7. The number of halogens is 1. The third-order valence-electron chi connectivity index (χ3n) is 2.23. The molecule has 0 saturated carbocycles. The second kappa shape index (κ2) is 6.49. The van der Waals surface area contributed by atoms with Crippen LogP contribution in [0.2, 0.25) is 0 Å². The summed E-state index contributed by atoms with van der Waals surface area (Å²) in [4.78, 5) is 15.4. The van der Waals surface area contributed by atoms with Crippen molar-refractivity contribution in [3.8, 4) is 5.75 Å². The molecular weight excluding hydrogens is 330 g/mol. The van der Waals surface area contributed by atoms with E-state index in [4.69, 9.17) is 9.84 Å². The van der Waals surface area contributed by atoms with E-state index in [0.29, 0.717) is 12.4 Å². The van der Waals surface area contributed by atoms with Crippen LogP contribution in [0.15, 0.2) is 40.5 Å². The Morgan fingerprint density at radius 2 is 2.37 bits per heavy atom. The smallest absolute Gasteiger partial charge is 0.328 e. The summed E-state index contributed by atoms with van der Waals surface area (Å²) in [6.45, 7) is 0.466. The Morgan fingerprint density at radius 3 is 3.00 bits per heavy atom. The monoisotopic (exact) mass is 339 g/mol. The lowest BCUT2D eigenvalue weighted by Crippen LogP contribution is -1.94. The molecule has 6 heteroatoms. The Kier molecular flexibility index (Phi) is 4.70. The van der Waals surface area contributed by atoms with Crippen LogP contribution in [0.5, 0.6) is 5.75 Å². The van der Waals surface area contributed by atoms with Gasteiger partial charge in [-0.25, -0.2) is 4.79 Å². The van der Waals surface area contributed by atoms with Gasteiger partial charge in [-0.3, -0.25) is 4.98 Å². The van der Waals surface area contributed by atoms with Crippen molar-refractivity contribution in [2.24, 2.45) is 0 Å². The van der Waals surface area contributed by atoms with Crippen LogP contribution in [0.1, 0.15) is 10.4 Å². The standard InChI is InChI=1S/C13H10BrNO3S/c14-11-5-9(2-4-13(16)17)1-3-12(11)18-7-10-6-15-8-19-10/h1-6,8H,7H2,(H,16,17)/b4-2+. The molecule has 4 nitrogen and oxygen atoms in total. The molecule has 2 rings (SSSR count).